The van der Waals surface area contributed by atoms with E-state index in [4.69, 9.17) is 0 Å². The first kappa shape index (κ1) is 11.0. The highest BCUT2D eigenvalue weighted by atomic mass is 32.2. The van der Waals surface area contributed by atoms with Crippen LogP contribution in [0.1, 0.15) is 19.3 Å². The average Bonchev–Trinajstić information content (AvgIpc) is 2.17. The molecule has 1 aliphatic rings. The van der Waals surface area contributed by atoms with Gasteiger partial charge in [-0.1, -0.05) is 18.6 Å². The Morgan fingerprint density at radius 1 is 1.33 bits per heavy atom. The Morgan fingerprint density at radius 3 is 2.80 bits per heavy atom. The minimum absolute atomic E-state index is 0.105. The smallest absolute Gasteiger partial charge is 0.136 e. The average molecular weight is 225 g/mol. The van der Waals surface area contributed by atoms with E-state index in [1.54, 1.807) is 17.8 Å². The Hall–Kier alpha value is -0.540. The molecule has 1 aliphatic carbocycles. The van der Waals surface area contributed by atoms with E-state index in [1.807, 2.05) is 12.1 Å². The minimum Gasteiger partial charge on any atom is -0.313 e. The Balaban J connectivity index is 1.66. The zero-order chi connectivity index (χ0) is 10.5. The van der Waals surface area contributed by atoms with Crippen LogP contribution in [-0.2, 0) is 0 Å². The number of halogens is 1. The second-order valence-electron chi connectivity index (χ2n) is 3.86. The maximum absolute atomic E-state index is 13.2. The van der Waals surface area contributed by atoms with Gasteiger partial charge in [-0.05, 0) is 25.0 Å². The van der Waals surface area contributed by atoms with Crippen LogP contribution in [0.15, 0.2) is 29.2 Å². The zero-order valence-corrected chi connectivity index (χ0v) is 9.52. The Labute approximate surface area is 94.5 Å². The minimum atomic E-state index is -0.105. The summed E-state index contributed by atoms with van der Waals surface area (Å²) in [4.78, 5) is 0.757. The molecule has 1 fully saturated rings. The van der Waals surface area contributed by atoms with Crippen molar-refractivity contribution in [2.24, 2.45) is 0 Å². The number of hydrogen-bond donors (Lipinski definition) is 1. The molecule has 0 aliphatic heterocycles. The highest BCUT2D eigenvalue weighted by Crippen LogP contribution is 2.21. The molecule has 1 N–H and O–H groups in total. The molecule has 1 aromatic rings. The third kappa shape index (κ3) is 3.21. The quantitative estimate of drug-likeness (QED) is 0.610. The van der Waals surface area contributed by atoms with E-state index >= 15 is 0 Å². The van der Waals surface area contributed by atoms with Crippen molar-refractivity contribution in [1.29, 1.82) is 0 Å². The number of rotatable bonds is 5. The van der Waals surface area contributed by atoms with Crippen LogP contribution in [-0.4, -0.2) is 18.3 Å². The van der Waals surface area contributed by atoms with Crippen LogP contribution in [0.2, 0.25) is 0 Å². The topological polar surface area (TPSA) is 12.0 Å². The van der Waals surface area contributed by atoms with Crippen LogP contribution in [0.4, 0.5) is 4.39 Å². The molecule has 0 atom stereocenters. The van der Waals surface area contributed by atoms with Gasteiger partial charge in [0.1, 0.15) is 5.82 Å². The molecule has 2 rings (SSSR count). The van der Waals surface area contributed by atoms with Crippen LogP contribution in [0.3, 0.4) is 0 Å². The van der Waals surface area contributed by atoms with Gasteiger partial charge in [0.25, 0.3) is 0 Å². The van der Waals surface area contributed by atoms with E-state index in [-0.39, 0.29) is 5.82 Å². The van der Waals surface area contributed by atoms with Gasteiger partial charge in [-0.15, -0.1) is 11.8 Å². The summed E-state index contributed by atoms with van der Waals surface area (Å²) in [6, 6.07) is 7.69. The van der Waals surface area contributed by atoms with Crippen molar-refractivity contribution in [3.05, 3.63) is 30.1 Å². The van der Waals surface area contributed by atoms with Crippen LogP contribution in [0.5, 0.6) is 0 Å². The van der Waals surface area contributed by atoms with E-state index in [1.165, 1.54) is 25.3 Å². The molecule has 0 bridgehead atoms. The molecule has 0 radical (unpaired) electrons. The summed E-state index contributed by atoms with van der Waals surface area (Å²) < 4.78 is 13.2. The maximum Gasteiger partial charge on any atom is 0.136 e. The van der Waals surface area contributed by atoms with Crippen molar-refractivity contribution in [3.63, 3.8) is 0 Å². The molecule has 0 heterocycles. The molecule has 0 aromatic heterocycles. The number of benzene rings is 1. The highest BCUT2D eigenvalue weighted by molar-refractivity contribution is 7.99. The van der Waals surface area contributed by atoms with E-state index in [2.05, 4.69) is 5.32 Å². The van der Waals surface area contributed by atoms with Crippen LogP contribution < -0.4 is 5.32 Å². The second-order valence-corrected chi connectivity index (χ2v) is 5.00. The molecule has 1 aromatic carbocycles. The third-order valence-corrected chi connectivity index (χ3v) is 3.78. The highest BCUT2D eigenvalue weighted by Gasteiger charge is 2.15. The van der Waals surface area contributed by atoms with Crippen molar-refractivity contribution >= 4 is 11.8 Å². The van der Waals surface area contributed by atoms with Gasteiger partial charge in [0.05, 0.1) is 0 Å². The fourth-order valence-electron chi connectivity index (χ4n) is 1.60. The first-order chi connectivity index (χ1) is 7.36. The molecule has 0 spiro atoms. The maximum atomic E-state index is 13.2. The monoisotopic (exact) mass is 225 g/mol. The lowest BCUT2D eigenvalue weighted by Crippen LogP contribution is -2.36. The molecule has 0 unspecified atom stereocenters. The summed E-state index contributed by atoms with van der Waals surface area (Å²) >= 11 is 1.59. The van der Waals surface area contributed by atoms with Crippen molar-refractivity contribution in [2.75, 3.05) is 12.3 Å². The van der Waals surface area contributed by atoms with E-state index in [0.29, 0.717) is 0 Å². The lowest BCUT2D eigenvalue weighted by molar-refractivity contribution is 0.347. The summed E-state index contributed by atoms with van der Waals surface area (Å²) in [5.41, 5.74) is 0. The van der Waals surface area contributed by atoms with Crippen LogP contribution in [0.25, 0.3) is 0 Å². The van der Waals surface area contributed by atoms with Crippen LogP contribution >= 0.6 is 11.8 Å². The predicted molar refractivity (Wildman–Crippen MR) is 62.8 cm³/mol. The molecule has 1 saturated carbocycles. The van der Waals surface area contributed by atoms with Crippen molar-refractivity contribution in [3.8, 4) is 0 Å². The zero-order valence-electron chi connectivity index (χ0n) is 8.71. The molecule has 0 amide bonds. The fourth-order valence-corrected chi connectivity index (χ4v) is 2.42. The largest absolute Gasteiger partial charge is 0.313 e. The molecule has 15 heavy (non-hydrogen) atoms. The lowest BCUT2D eigenvalue weighted by Gasteiger charge is -2.26. The molecule has 0 saturated heterocycles. The summed E-state index contributed by atoms with van der Waals surface area (Å²) in [6.45, 7) is 0.976. The normalized spacial score (nSPS) is 16.3. The van der Waals surface area contributed by atoms with Gasteiger partial charge >= 0.3 is 0 Å². The Morgan fingerprint density at radius 2 is 2.13 bits per heavy atom. The van der Waals surface area contributed by atoms with Crippen LogP contribution in [0, 0.1) is 5.82 Å². The van der Waals surface area contributed by atoms with Gasteiger partial charge in [0, 0.05) is 23.2 Å². The second kappa shape index (κ2) is 5.52. The fraction of sp³-hybridized carbons (Fsp3) is 0.500. The first-order valence-corrected chi connectivity index (χ1v) is 6.45. The number of nitrogens with one attached hydrogen (secondary N) is 1. The number of hydrogen-bond acceptors (Lipinski definition) is 2. The van der Waals surface area contributed by atoms with Gasteiger partial charge in [-0.2, -0.15) is 0 Å². The molecule has 3 heteroatoms. The van der Waals surface area contributed by atoms with Crippen molar-refractivity contribution in [1.82, 2.24) is 5.32 Å². The van der Waals surface area contributed by atoms with Crippen molar-refractivity contribution in [2.45, 2.75) is 30.2 Å². The standard InChI is InChI=1S/C12H16FNS/c13-11-6-1-2-7-12(11)15-9-8-14-10-4-3-5-10/h1-2,6-7,10,14H,3-5,8-9H2. The lowest BCUT2D eigenvalue weighted by atomic mass is 9.93. The van der Waals surface area contributed by atoms with Gasteiger partial charge in [-0.25, -0.2) is 4.39 Å². The summed E-state index contributed by atoms with van der Waals surface area (Å²) in [5.74, 6) is 0.836. The van der Waals surface area contributed by atoms with Gasteiger partial charge < -0.3 is 5.32 Å². The molecular weight excluding hydrogens is 209 g/mol. The van der Waals surface area contributed by atoms with E-state index < -0.39 is 0 Å². The summed E-state index contributed by atoms with van der Waals surface area (Å²) in [5, 5.41) is 3.47. The van der Waals surface area contributed by atoms with E-state index in [0.717, 1.165) is 23.2 Å². The Kier molecular flexibility index (Phi) is 4.03. The predicted octanol–water partition coefficient (Wildman–Crippen LogP) is 3.06. The summed E-state index contributed by atoms with van der Waals surface area (Å²) in [6.07, 6.45) is 3.98. The third-order valence-electron chi connectivity index (χ3n) is 2.73. The SMILES string of the molecule is Fc1ccccc1SCCNC1CCC1. The first-order valence-electron chi connectivity index (χ1n) is 5.47. The summed E-state index contributed by atoms with van der Waals surface area (Å²) in [7, 11) is 0. The molecule has 82 valence electrons. The Bertz CT molecular complexity index is 312. The van der Waals surface area contributed by atoms with Gasteiger partial charge in [-0.3, -0.25) is 0 Å². The van der Waals surface area contributed by atoms with Gasteiger partial charge in [0.2, 0.25) is 0 Å². The van der Waals surface area contributed by atoms with Gasteiger partial charge in [0.15, 0.2) is 0 Å². The molecular formula is C12H16FNS. The number of thioether (sulfide) groups is 1. The van der Waals surface area contributed by atoms with E-state index in [9.17, 15) is 4.39 Å². The molecule has 1 nitrogen and oxygen atoms in total. The van der Waals surface area contributed by atoms with Crippen molar-refractivity contribution < 1.29 is 4.39 Å².